The summed E-state index contributed by atoms with van der Waals surface area (Å²) in [5.74, 6) is -0.238. The summed E-state index contributed by atoms with van der Waals surface area (Å²) in [5.41, 5.74) is 0.138. The highest BCUT2D eigenvalue weighted by Crippen LogP contribution is 2.30. The van der Waals surface area contributed by atoms with Gasteiger partial charge in [-0.3, -0.25) is 4.79 Å². The number of phenolic OH excluding ortho intramolecular Hbond substituents is 2. The van der Waals surface area contributed by atoms with E-state index in [4.69, 9.17) is 0 Å². The summed E-state index contributed by atoms with van der Waals surface area (Å²) in [6, 6.07) is 4.61. The third kappa shape index (κ3) is 3.19. The smallest absolute Gasteiger partial charge is 0.255 e. The number of nitrogens with one attached hydrogen (secondary N) is 1. The molecule has 4 heteroatoms. The highest BCUT2D eigenvalue weighted by atomic mass is 16.3. The van der Waals surface area contributed by atoms with E-state index in [1.54, 1.807) is 6.07 Å². The van der Waals surface area contributed by atoms with Crippen LogP contribution in [0.3, 0.4) is 0 Å². The van der Waals surface area contributed by atoms with Crippen LogP contribution in [0.2, 0.25) is 0 Å². The number of hydrogen-bond donors (Lipinski definition) is 3. The lowest BCUT2D eigenvalue weighted by atomic mass is 9.84. The highest BCUT2D eigenvalue weighted by molar-refractivity contribution is 5.97. The third-order valence-electron chi connectivity index (χ3n) is 3.95. The molecule has 3 N–H and O–H groups in total. The molecular formula is C15H21NO3. The number of carbonyl (C=O) groups excluding carboxylic acids is 1. The van der Waals surface area contributed by atoms with Gasteiger partial charge in [0.2, 0.25) is 0 Å². The van der Waals surface area contributed by atoms with Crippen LogP contribution in [0.5, 0.6) is 11.5 Å². The lowest BCUT2D eigenvalue weighted by Crippen LogP contribution is -2.38. The topological polar surface area (TPSA) is 69.6 Å². The van der Waals surface area contributed by atoms with E-state index in [0.29, 0.717) is 5.92 Å². The highest BCUT2D eigenvalue weighted by Gasteiger charge is 2.23. The van der Waals surface area contributed by atoms with Crippen molar-refractivity contribution in [3.63, 3.8) is 0 Å². The Labute approximate surface area is 113 Å². The summed E-state index contributed by atoms with van der Waals surface area (Å²) in [6.07, 6.45) is 5.50. The molecular weight excluding hydrogens is 242 g/mol. The number of benzene rings is 1. The fraction of sp³-hybridized carbons (Fsp3) is 0.533. The van der Waals surface area contributed by atoms with E-state index in [0.717, 1.165) is 25.7 Å². The molecule has 1 aromatic carbocycles. The van der Waals surface area contributed by atoms with Crippen molar-refractivity contribution >= 4 is 5.91 Å². The molecule has 19 heavy (non-hydrogen) atoms. The minimum absolute atomic E-state index is 0.138. The molecule has 1 aromatic rings. The van der Waals surface area contributed by atoms with Gasteiger partial charge in [0.1, 0.15) is 0 Å². The van der Waals surface area contributed by atoms with E-state index in [9.17, 15) is 15.0 Å². The second kappa shape index (κ2) is 5.95. The summed E-state index contributed by atoms with van der Waals surface area (Å²) in [6.45, 7) is 2.18. The van der Waals surface area contributed by atoms with Crippen LogP contribution in [-0.2, 0) is 0 Å². The van der Waals surface area contributed by atoms with E-state index in [2.05, 4.69) is 12.2 Å². The number of para-hydroxylation sites is 1. The fourth-order valence-corrected chi connectivity index (χ4v) is 2.77. The average molecular weight is 263 g/mol. The molecule has 0 aliphatic heterocycles. The summed E-state index contributed by atoms with van der Waals surface area (Å²) < 4.78 is 0. The molecule has 4 nitrogen and oxygen atoms in total. The van der Waals surface area contributed by atoms with Gasteiger partial charge in [-0.1, -0.05) is 32.3 Å². The monoisotopic (exact) mass is 263 g/mol. The Balaban J connectivity index is 2.02. The Hall–Kier alpha value is -1.71. The quantitative estimate of drug-likeness (QED) is 0.734. The molecule has 0 heterocycles. The van der Waals surface area contributed by atoms with Crippen LogP contribution in [0, 0.1) is 5.92 Å². The number of hydrogen-bond acceptors (Lipinski definition) is 3. The van der Waals surface area contributed by atoms with Crippen molar-refractivity contribution in [2.24, 2.45) is 5.92 Å². The molecule has 2 atom stereocenters. The SMILES string of the molecule is CCC1CCCC(NC(=O)c2cccc(O)c2O)C1. The molecule has 1 saturated carbocycles. The molecule has 2 rings (SSSR count). The Bertz CT molecular complexity index is 459. The van der Waals surface area contributed by atoms with E-state index in [-0.39, 0.29) is 29.0 Å². The summed E-state index contributed by atoms with van der Waals surface area (Å²) >= 11 is 0. The van der Waals surface area contributed by atoms with Gasteiger partial charge in [0.15, 0.2) is 11.5 Å². The van der Waals surface area contributed by atoms with Crippen molar-refractivity contribution < 1.29 is 15.0 Å². The Morgan fingerprint density at radius 1 is 1.37 bits per heavy atom. The van der Waals surface area contributed by atoms with Crippen LogP contribution in [0.4, 0.5) is 0 Å². The maximum atomic E-state index is 12.1. The van der Waals surface area contributed by atoms with Gasteiger partial charge in [-0.25, -0.2) is 0 Å². The normalized spacial score (nSPS) is 23.0. The molecule has 1 aliphatic rings. The van der Waals surface area contributed by atoms with Crippen LogP contribution in [0.25, 0.3) is 0 Å². The van der Waals surface area contributed by atoms with Gasteiger partial charge in [-0.2, -0.15) is 0 Å². The predicted molar refractivity (Wildman–Crippen MR) is 73.3 cm³/mol. The van der Waals surface area contributed by atoms with Crippen molar-refractivity contribution in [3.8, 4) is 11.5 Å². The second-order valence-electron chi connectivity index (χ2n) is 5.28. The zero-order valence-electron chi connectivity index (χ0n) is 11.2. The molecule has 0 spiro atoms. The summed E-state index contributed by atoms with van der Waals surface area (Å²) in [4.78, 5) is 12.1. The molecule has 1 fully saturated rings. The Morgan fingerprint density at radius 2 is 2.16 bits per heavy atom. The average Bonchev–Trinajstić information content (AvgIpc) is 2.42. The zero-order valence-corrected chi connectivity index (χ0v) is 11.2. The van der Waals surface area contributed by atoms with Crippen LogP contribution in [0.1, 0.15) is 49.4 Å². The first-order valence-electron chi connectivity index (χ1n) is 6.93. The molecule has 2 unspecified atom stereocenters. The first kappa shape index (κ1) is 13.7. The molecule has 104 valence electrons. The molecule has 1 aliphatic carbocycles. The van der Waals surface area contributed by atoms with E-state index >= 15 is 0 Å². The number of aromatic hydroxyl groups is 2. The minimum Gasteiger partial charge on any atom is -0.504 e. The van der Waals surface area contributed by atoms with Gasteiger partial charge in [0, 0.05) is 6.04 Å². The lowest BCUT2D eigenvalue weighted by Gasteiger charge is -2.29. The maximum Gasteiger partial charge on any atom is 0.255 e. The van der Waals surface area contributed by atoms with Crippen LogP contribution >= 0.6 is 0 Å². The van der Waals surface area contributed by atoms with Gasteiger partial charge in [0.25, 0.3) is 5.91 Å². The standard InChI is InChI=1S/C15H21NO3/c1-2-10-5-3-6-11(9-10)16-15(19)12-7-4-8-13(17)14(12)18/h4,7-8,10-11,17-18H,2-3,5-6,9H2,1H3,(H,16,19). The van der Waals surface area contributed by atoms with E-state index in [1.807, 2.05) is 0 Å². The Kier molecular flexibility index (Phi) is 4.30. The van der Waals surface area contributed by atoms with Crippen molar-refractivity contribution in [2.75, 3.05) is 0 Å². The van der Waals surface area contributed by atoms with Crippen molar-refractivity contribution in [2.45, 2.75) is 45.1 Å². The van der Waals surface area contributed by atoms with Crippen molar-refractivity contribution in [1.82, 2.24) is 5.32 Å². The molecule has 0 saturated heterocycles. The minimum atomic E-state index is -0.345. The lowest BCUT2D eigenvalue weighted by molar-refractivity contribution is 0.0915. The molecule has 0 bridgehead atoms. The van der Waals surface area contributed by atoms with Gasteiger partial charge < -0.3 is 15.5 Å². The van der Waals surface area contributed by atoms with Crippen molar-refractivity contribution in [3.05, 3.63) is 23.8 Å². The number of phenols is 2. The van der Waals surface area contributed by atoms with Gasteiger partial charge in [0.05, 0.1) is 5.56 Å². The Morgan fingerprint density at radius 3 is 2.89 bits per heavy atom. The first-order chi connectivity index (χ1) is 9.11. The molecule has 0 radical (unpaired) electrons. The second-order valence-corrected chi connectivity index (χ2v) is 5.28. The molecule has 1 amide bonds. The van der Waals surface area contributed by atoms with Crippen molar-refractivity contribution in [1.29, 1.82) is 0 Å². The third-order valence-corrected chi connectivity index (χ3v) is 3.95. The van der Waals surface area contributed by atoms with Gasteiger partial charge in [-0.15, -0.1) is 0 Å². The maximum absolute atomic E-state index is 12.1. The number of carbonyl (C=O) groups is 1. The summed E-state index contributed by atoms with van der Waals surface area (Å²) in [7, 11) is 0. The number of amides is 1. The van der Waals surface area contributed by atoms with Crippen LogP contribution in [0.15, 0.2) is 18.2 Å². The van der Waals surface area contributed by atoms with E-state index in [1.165, 1.54) is 18.6 Å². The van der Waals surface area contributed by atoms with Crippen LogP contribution in [-0.4, -0.2) is 22.2 Å². The van der Waals surface area contributed by atoms with E-state index < -0.39 is 0 Å². The largest absolute Gasteiger partial charge is 0.504 e. The van der Waals surface area contributed by atoms with Gasteiger partial charge in [-0.05, 0) is 30.9 Å². The van der Waals surface area contributed by atoms with Gasteiger partial charge >= 0.3 is 0 Å². The summed E-state index contributed by atoms with van der Waals surface area (Å²) in [5, 5.41) is 22.0. The zero-order chi connectivity index (χ0) is 13.8. The first-order valence-corrected chi connectivity index (χ1v) is 6.93. The predicted octanol–water partition coefficient (Wildman–Crippen LogP) is 2.80. The van der Waals surface area contributed by atoms with Crippen LogP contribution < -0.4 is 5.32 Å². The number of rotatable bonds is 3. The fourth-order valence-electron chi connectivity index (χ4n) is 2.77. The molecule has 0 aromatic heterocycles.